The number of nitrogens with one attached hydrogen (secondary N) is 1. The number of aliphatic hydroxyl groups is 1. The van der Waals surface area contributed by atoms with E-state index in [1.54, 1.807) is 18.2 Å². The van der Waals surface area contributed by atoms with Gasteiger partial charge in [-0.1, -0.05) is 17.7 Å². The Hall–Kier alpha value is -3.01. The van der Waals surface area contributed by atoms with Crippen molar-refractivity contribution in [1.29, 1.82) is 0 Å². The number of aromatic nitrogens is 2. The van der Waals surface area contributed by atoms with Crippen molar-refractivity contribution in [1.82, 2.24) is 14.9 Å². The van der Waals surface area contributed by atoms with E-state index in [2.05, 4.69) is 15.3 Å². The highest BCUT2D eigenvalue weighted by molar-refractivity contribution is 6.31. The van der Waals surface area contributed by atoms with Crippen LogP contribution >= 0.6 is 11.6 Å². The first-order valence-corrected chi connectivity index (χ1v) is 9.99. The standard InChI is InChI=1S/C21H21ClFN5O3/c1-31-18-7-16-13(5-11(18)8-28-9-12(29)6-17(28)20(24)30)21(26-10-25-16)27-15-4-2-3-14(22)19(15)23/h2-5,7,10,12,17,29H,6,8-9H2,1H3,(H2,24,30)(H,25,26,27)/t12-,17+/m0/s1. The SMILES string of the molecule is COc1cc2ncnc(Nc3cccc(Cl)c3F)c2cc1CN1C[C@@H](O)C[C@@H]1C(N)=O. The molecule has 3 aromatic rings. The highest BCUT2D eigenvalue weighted by Gasteiger charge is 2.35. The molecule has 0 unspecified atom stereocenters. The Morgan fingerprint density at radius 2 is 2.23 bits per heavy atom. The molecular formula is C21H21ClFN5O3. The van der Waals surface area contributed by atoms with Crippen molar-refractivity contribution in [2.75, 3.05) is 19.0 Å². The lowest BCUT2D eigenvalue weighted by atomic mass is 10.1. The van der Waals surface area contributed by atoms with Gasteiger partial charge >= 0.3 is 0 Å². The summed E-state index contributed by atoms with van der Waals surface area (Å²) in [6.07, 6.45) is 1.02. The van der Waals surface area contributed by atoms with Gasteiger partial charge in [0.25, 0.3) is 0 Å². The molecule has 4 rings (SSSR count). The lowest BCUT2D eigenvalue weighted by Gasteiger charge is -2.23. The maximum atomic E-state index is 14.4. The van der Waals surface area contributed by atoms with Gasteiger partial charge in [0, 0.05) is 30.1 Å². The third-order valence-electron chi connectivity index (χ3n) is 5.33. The molecule has 0 bridgehead atoms. The second-order valence-corrected chi connectivity index (χ2v) is 7.77. The lowest BCUT2D eigenvalue weighted by Crippen LogP contribution is -2.39. The van der Waals surface area contributed by atoms with Gasteiger partial charge < -0.3 is 20.9 Å². The third-order valence-corrected chi connectivity index (χ3v) is 5.62. The second-order valence-electron chi connectivity index (χ2n) is 7.37. The maximum Gasteiger partial charge on any atom is 0.234 e. The summed E-state index contributed by atoms with van der Waals surface area (Å²) < 4.78 is 19.9. The number of hydrogen-bond donors (Lipinski definition) is 3. The van der Waals surface area contributed by atoms with Crippen molar-refractivity contribution in [3.63, 3.8) is 0 Å². The van der Waals surface area contributed by atoms with Crippen molar-refractivity contribution in [3.05, 3.63) is 53.1 Å². The number of aliphatic hydroxyl groups excluding tert-OH is 1. The van der Waals surface area contributed by atoms with Gasteiger partial charge in [0.1, 0.15) is 17.9 Å². The van der Waals surface area contributed by atoms with E-state index in [1.807, 2.05) is 11.0 Å². The van der Waals surface area contributed by atoms with E-state index in [0.717, 1.165) is 5.56 Å². The maximum absolute atomic E-state index is 14.4. The molecule has 0 spiro atoms. The van der Waals surface area contributed by atoms with Crippen LogP contribution in [0.1, 0.15) is 12.0 Å². The second kappa shape index (κ2) is 8.62. The summed E-state index contributed by atoms with van der Waals surface area (Å²) in [7, 11) is 1.54. The van der Waals surface area contributed by atoms with Gasteiger partial charge in [-0.3, -0.25) is 9.69 Å². The fourth-order valence-corrected chi connectivity index (χ4v) is 4.01. The number of benzene rings is 2. The predicted molar refractivity (Wildman–Crippen MR) is 115 cm³/mol. The molecule has 1 aliphatic rings. The van der Waals surface area contributed by atoms with Crippen LogP contribution in [0.4, 0.5) is 15.9 Å². The Balaban J connectivity index is 1.74. The number of halogens is 2. The first-order valence-electron chi connectivity index (χ1n) is 9.61. The summed E-state index contributed by atoms with van der Waals surface area (Å²) in [6, 6.07) is 7.65. The van der Waals surface area contributed by atoms with Crippen LogP contribution in [-0.4, -0.2) is 51.7 Å². The summed E-state index contributed by atoms with van der Waals surface area (Å²) in [5.74, 6) is -0.114. The number of nitrogens with zero attached hydrogens (tertiary/aromatic N) is 3. The molecule has 1 aliphatic heterocycles. The smallest absolute Gasteiger partial charge is 0.234 e. The van der Waals surface area contributed by atoms with Crippen LogP contribution in [0.15, 0.2) is 36.7 Å². The van der Waals surface area contributed by atoms with Gasteiger partial charge in [0.15, 0.2) is 5.82 Å². The molecule has 4 N–H and O–H groups in total. The van der Waals surface area contributed by atoms with E-state index in [1.165, 1.54) is 19.5 Å². The number of hydrogen-bond acceptors (Lipinski definition) is 7. The van der Waals surface area contributed by atoms with Crippen LogP contribution in [0, 0.1) is 5.82 Å². The first-order chi connectivity index (χ1) is 14.9. The quantitative estimate of drug-likeness (QED) is 0.534. The van der Waals surface area contributed by atoms with Gasteiger partial charge in [-0.25, -0.2) is 14.4 Å². The highest BCUT2D eigenvalue weighted by Crippen LogP contribution is 2.33. The molecular weight excluding hydrogens is 425 g/mol. The van der Waals surface area contributed by atoms with E-state index in [-0.39, 0.29) is 17.1 Å². The summed E-state index contributed by atoms with van der Waals surface area (Å²) >= 11 is 5.88. The molecule has 0 aliphatic carbocycles. The van der Waals surface area contributed by atoms with Crippen LogP contribution in [0.25, 0.3) is 10.9 Å². The summed E-state index contributed by atoms with van der Waals surface area (Å²) in [5.41, 5.74) is 7.02. The number of primary amides is 1. The number of nitrogens with two attached hydrogens (primary N) is 1. The Labute approximate surface area is 182 Å². The molecule has 1 amide bonds. The van der Waals surface area contributed by atoms with Crippen LogP contribution in [0.5, 0.6) is 5.75 Å². The molecule has 31 heavy (non-hydrogen) atoms. The molecule has 2 heterocycles. The minimum Gasteiger partial charge on any atom is -0.496 e. The number of β-amino-alcohol motifs (C(OH)–C–C–N with tert-alkyl or cyclic N) is 1. The molecule has 10 heteroatoms. The molecule has 162 valence electrons. The van der Waals surface area contributed by atoms with E-state index >= 15 is 0 Å². The molecule has 8 nitrogen and oxygen atoms in total. The number of likely N-dealkylation sites (tertiary alicyclic amines) is 1. The van der Waals surface area contributed by atoms with Gasteiger partial charge in [-0.2, -0.15) is 0 Å². The van der Waals surface area contributed by atoms with E-state index in [0.29, 0.717) is 35.6 Å². The number of methoxy groups -OCH3 is 1. The van der Waals surface area contributed by atoms with E-state index < -0.39 is 23.9 Å². The number of fused-ring (bicyclic) bond motifs is 1. The molecule has 1 aromatic heterocycles. The van der Waals surface area contributed by atoms with Crippen LogP contribution in [0.2, 0.25) is 5.02 Å². The normalized spacial score (nSPS) is 19.0. The molecule has 1 saturated heterocycles. The topological polar surface area (TPSA) is 114 Å². The predicted octanol–water partition coefficient (Wildman–Crippen LogP) is 2.59. The van der Waals surface area contributed by atoms with E-state index in [4.69, 9.17) is 22.1 Å². The number of amides is 1. The minimum absolute atomic E-state index is 0.00388. The number of ether oxygens (including phenoxy) is 1. The fourth-order valence-electron chi connectivity index (χ4n) is 3.84. The number of carbonyl (C=O) groups is 1. The zero-order chi connectivity index (χ0) is 22.1. The van der Waals surface area contributed by atoms with Crippen molar-refractivity contribution in [2.24, 2.45) is 5.73 Å². The van der Waals surface area contributed by atoms with Crippen molar-refractivity contribution < 1.29 is 19.0 Å². The number of anilines is 2. The molecule has 0 radical (unpaired) electrons. The average Bonchev–Trinajstić information content (AvgIpc) is 3.11. The number of rotatable bonds is 6. The summed E-state index contributed by atoms with van der Waals surface area (Å²) in [5, 5.41) is 13.6. The Kier molecular flexibility index (Phi) is 5.90. The first kappa shape index (κ1) is 21.2. The zero-order valence-electron chi connectivity index (χ0n) is 16.7. The molecule has 0 saturated carbocycles. The molecule has 2 atom stereocenters. The fraction of sp³-hybridized carbons (Fsp3) is 0.286. The Bertz CT molecular complexity index is 1150. The van der Waals surface area contributed by atoms with Crippen molar-refractivity contribution in [2.45, 2.75) is 25.1 Å². The van der Waals surface area contributed by atoms with Gasteiger partial charge in [0.2, 0.25) is 5.91 Å². The number of carbonyl (C=O) groups excluding carboxylic acids is 1. The molecule has 1 fully saturated rings. The zero-order valence-corrected chi connectivity index (χ0v) is 17.4. The van der Waals surface area contributed by atoms with Crippen LogP contribution < -0.4 is 15.8 Å². The largest absolute Gasteiger partial charge is 0.496 e. The summed E-state index contributed by atoms with van der Waals surface area (Å²) in [6.45, 7) is 0.641. The van der Waals surface area contributed by atoms with E-state index in [9.17, 15) is 14.3 Å². The van der Waals surface area contributed by atoms with Crippen LogP contribution in [0.3, 0.4) is 0 Å². The van der Waals surface area contributed by atoms with Crippen LogP contribution in [-0.2, 0) is 11.3 Å². The van der Waals surface area contributed by atoms with Crippen molar-refractivity contribution >= 4 is 39.9 Å². The van der Waals surface area contributed by atoms with Gasteiger partial charge in [-0.05, 0) is 24.6 Å². The molecule has 2 aromatic carbocycles. The third kappa shape index (κ3) is 4.25. The summed E-state index contributed by atoms with van der Waals surface area (Å²) in [4.78, 5) is 22.1. The van der Waals surface area contributed by atoms with Gasteiger partial charge in [0.05, 0.1) is 35.5 Å². The Morgan fingerprint density at radius 3 is 2.97 bits per heavy atom. The minimum atomic E-state index is -0.629. The monoisotopic (exact) mass is 445 g/mol. The van der Waals surface area contributed by atoms with Gasteiger partial charge in [-0.15, -0.1) is 0 Å². The average molecular weight is 446 g/mol. The van der Waals surface area contributed by atoms with Crippen molar-refractivity contribution in [3.8, 4) is 5.75 Å². The highest BCUT2D eigenvalue weighted by atomic mass is 35.5. The lowest BCUT2D eigenvalue weighted by molar-refractivity contribution is -0.122. The Morgan fingerprint density at radius 1 is 1.42 bits per heavy atom.